The standard InChI is InChI=1S/C48H52O14/c1-26-34(60-44(56)38(53)32(29-16-10-7-11-17-29)22-33(51)30-18-12-8-13-19-30)24-48(57)42(61-43(55)31-20-14-9-15-21-31)40-46(6,35(52)23-36-47(40,25-58-36)62-28(3)50)41(54)39(59-27(2)49)37(26)45(48,4)5/h7-21,32,34-36,38-40,42,52-53,57H,22-25H2,1-6H3/t32-,34-,35-,36+,38+,39+,40?,42-,46+,47-,48+/m0/s1. The molecule has 14 nitrogen and oxygen atoms in total. The number of ether oxygens (including phenoxy) is 5. The molecule has 1 saturated heterocycles. The van der Waals surface area contributed by atoms with Gasteiger partial charge in [-0.2, -0.15) is 0 Å². The van der Waals surface area contributed by atoms with Crippen LogP contribution in [0.5, 0.6) is 0 Å². The highest BCUT2D eigenvalue weighted by Crippen LogP contribution is 2.64. The molecule has 4 aliphatic rings. The van der Waals surface area contributed by atoms with Crippen LogP contribution in [0, 0.1) is 16.7 Å². The summed E-state index contributed by atoms with van der Waals surface area (Å²) in [5.41, 5.74) is -6.71. The van der Waals surface area contributed by atoms with Crippen molar-refractivity contribution < 1.29 is 67.8 Å². The summed E-state index contributed by atoms with van der Waals surface area (Å²) in [6.07, 6.45) is -10.6. The van der Waals surface area contributed by atoms with Gasteiger partial charge in [-0.1, -0.05) is 92.7 Å². The molecule has 328 valence electrons. The lowest BCUT2D eigenvalue weighted by molar-refractivity contribution is -0.346. The molecule has 0 aromatic heterocycles. The molecule has 0 radical (unpaired) electrons. The molecule has 0 amide bonds. The van der Waals surface area contributed by atoms with E-state index in [0.29, 0.717) is 11.1 Å². The molecule has 0 spiro atoms. The third kappa shape index (κ3) is 7.36. The number of aliphatic hydroxyl groups excluding tert-OH is 2. The van der Waals surface area contributed by atoms with Crippen molar-refractivity contribution in [3.63, 3.8) is 0 Å². The van der Waals surface area contributed by atoms with Crippen molar-refractivity contribution in [2.24, 2.45) is 16.7 Å². The number of esters is 4. The van der Waals surface area contributed by atoms with Crippen LogP contribution in [0.3, 0.4) is 0 Å². The highest BCUT2D eigenvalue weighted by atomic mass is 16.6. The van der Waals surface area contributed by atoms with E-state index in [9.17, 15) is 39.3 Å². The summed E-state index contributed by atoms with van der Waals surface area (Å²) in [6.45, 7) is 8.04. The van der Waals surface area contributed by atoms with Gasteiger partial charge >= 0.3 is 23.9 Å². The first-order valence-corrected chi connectivity index (χ1v) is 20.7. The zero-order chi connectivity index (χ0) is 44.9. The number of Topliss-reactive ketones (excluding diaryl/α,β-unsaturated/α-hetero) is 2. The summed E-state index contributed by atoms with van der Waals surface area (Å²) in [5.74, 6) is -7.57. The topological polar surface area (TPSA) is 209 Å². The van der Waals surface area contributed by atoms with E-state index >= 15 is 4.79 Å². The Labute approximate surface area is 359 Å². The van der Waals surface area contributed by atoms with Crippen molar-refractivity contribution in [3.8, 4) is 0 Å². The molecule has 7 rings (SSSR count). The van der Waals surface area contributed by atoms with Crippen molar-refractivity contribution in [1.82, 2.24) is 0 Å². The average Bonchev–Trinajstić information content (AvgIpc) is 3.24. The Morgan fingerprint density at radius 1 is 0.823 bits per heavy atom. The summed E-state index contributed by atoms with van der Waals surface area (Å²) in [6, 6.07) is 24.8. The van der Waals surface area contributed by atoms with Crippen LogP contribution in [-0.2, 0) is 42.9 Å². The molecule has 62 heavy (non-hydrogen) atoms. The maximum atomic E-state index is 15.5. The van der Waals surface area contributed by atoms with Gasteiger partial charge in [0.25, 0.3) is 0 Å². The fourth-order valence-corrected chi connectivity index (χ4v) is 10.4. The first-order chi connectivity index (χ1) is 29.3. The smallest absolute Gasteiger partial charge is 0.338 e. The van der Waals surface area contributed by atoms with Gasteiger partial charge in [-0.25, -0.2) is 9.59 Å². The molecule has 3 aromatic carbocycles. The van der Waals surface area contributed by atoms with Crippen LogP contribution < -0.4 is 0 Å². The second-order valence-electron chi connectivity index (χ2n) is 17.6. The van der Waals surface area contributed by atoms with E-state index in [1.165, 1.54) is 26.0 Å². The fourth-order valence-electron chi connectivity index (χ4n) is 10.4. The highest BCUT2D eigenvalue weighted by molar-refractivity contribution is 5.97. The van der Waals surface area contributed by atoms with E-state index in [1.54, 1.807) is 92.7 Å². The van der Waals surface area contributed by atoms with Gasteiger partial charge in [0.2, 0.25) is 0 Å². The lowest BCUT2D eigenvalue weighted by atomic mass is 9.44. The Kier molecular flexibility index (Phi) is 11.9. The van der Waals surface area contributed by atoms with Crippen molar-refractivity contribution in [2.45, 2.75) is 115 Å². The second-order valence-corrected chi connectivity index (χ2v) is 17.6. The van der Waals surface area contributed by atoms with Crippen molar-refractivity contribution >= 4 is 35.4 Å². The summed E-state index contributed by atoms with van der Waals surface area (Å²) in [5, 5.41) is 37.6. The van der Waals surface area contributed by atoms with Crippen LogP contribution in [0.1, 0.15) is 93.0 Å². The lowest BCUT2D eigenvalue weighted by Crippen LogP contribution is -2.82. The van der Waals surface area contributed by atoms with Crippen LogP contribution in [0.4, 0.5) is 0 Å². The number of rotatable bonds is 11. The molecular weight excluding hydrogens is 801 g/mol. The third-order valence-electron chi connectivity index (χ3n) is 13.8. The molecule has 3 N–H and O–H groups in total. The van der Waals surface area contributed by atoms with Crippen molar-refractivity contribution in [2.75, 3.05) is 6.61 Å². The first-order valence-electron chi connectivity index (χ1n) is 20.7. The summed E-state index contributed by atoms with van der Waals surface area (Å²) in [7, 11) is 0. The predicted octanol–water partition coefficient (Wildman–Crippen LogP) is 4.62. The maximum absolute atomic E-state index is 15.5. The van der Waals surface area contributed by atoms with Gasteiger partial charge in [0.1, 0.15) is 23.9 Å². The van der Waals surface area contributed by atoms with E-state index in [4.69, 9.17) is 23.7 Å². The Morgan fingerprint density at radius 2 is 1.40 bits per heavy atom. The Morgan fingerprint density at radius 3 is 1.95 bits per heavy atom. The molecule has 1 aliphatic heterocycles. The van der Waals surface area contributed by atoms with Crippen molar-refractivity contribution in [1.29, 1.82) is 0 Å². The van der Waals surface area contributed by atoms with Crippen LogP contribution in [0.25, 0.3) is 0 Å². The van der Waals surface area contributed by atoms with Gasteiger partial charge in [-0.15, -0.1) is 0 Å². The van der Waals surface area contributed by atoms with Crippen LogP contribution >= 0.6 is 0 Å². The number of hydrogen-bond acceptors (Lipinski definition) is 14. The first kappa shape index (κ1) is 44.5. The lowest BCUT2D eigenvalue weighted by Gasteiger charge is -2.67. The molecular formula is C48H52O14. The van der Waals surface area contributed by atoms with E-state index in [1.807, 2.05) is 0 Å². The molecule has 3 aliphatic carbocycles. The molecule has 2 saturated carbocycles. The van der Waals surface area contributed by atoms with E-state index in [-0.39, 0.29) is 41.9 Å². The Bertz CT molecular complexity index is 2270. The van der Waals surface area contributed by atoms with E-state index in [0.717, 1.165) is 13.8 Å². The molecule has 3 fully saturated rings. The molecule has 2 bridgehead atoms. The monoisotopic (exact) mass is 852 g/mol. The maximum Gasteiger partial charge on any atom is 0.338 e. The quantitative estimate of drug-likeness (QED) is 0.104. The van der Waals surface area contributed by atoms with Crippen LogP contribution in [0.15, 0.2) is 102 Å². The highest BCUT2D eigenvalue weighted by Gasteiger charge is 2.78. The molecule has 3 aromatic rings. The zero-order valence-electron chi connectivity index (χ0n) is 35.4. The van der Waals surface area contributed by atoms with Gasteiger partial charge < -0.3 is 39.0 Å². The zero-order valence-corrected chi connectivity index (χ0v) is 35.4. The SMILES string of the molecule is CC(=O)O[C@H]1C(=O)[C@@]2(C)C([C@H](OC(=O)c3ccccc3)[C@]3(O)C[C@H](OC(=O)[C@H](O)[C@@H](CC(=O)c4ccccc4)c4ccccc4)C(C)=C1C3(C)C)[C@]1(OC(C)=O)CO[C@@H]1C[C@@H]2O. The predicted molar refractivity (Wildman–Crippen MR) is 219 cm³/mol. The summed E-state index contributed by atoms with van der Waals surface area (Å²) >= 11 is 0. The third-order valence-corrected chi connectivity index (χ3v) is 13.8. The van der Waals surface area contributed by atoms with Gasteiger partial charge in [0.05, 0.1) is 29.6 Å². The second kappa shape index (κ2) is 16.6. The largest absolute Gasteiger partial charge is 0.456 e. The minimum Gasteiger partial charge on any atom is -0.456 e. The van der Waals surface area contributed by atoms with Gasteiger partial charge in [0, 0.05) is 50.0 Å². The average molecular weight is 853 g/mol. The summed E-state index contributed by atoms with van der Waals surface area (Å²) < 4.78 is 30.3. The van der Waals surface area contributed by atoms with E-state index in [2.05, 4.69) is 0 Å². The Balaban J connectivity index is 1.39. The number of aliphatic hydroxyl groups is 3. The molecule has 14 heteroatoms. The fraction of sp³-hybridized carbons (Fsp3) is 0.458. The number of carbonyl (C=O) groups is 6. The van der Waals surface area contributed by atoms with Crippen LogP contribution in [0.2, 0.25) is 0 Å². The number of fused-ring (bicyclic) bond motifs is 5. The number of benzene rings is 3. The minimum absolute atomic E-state index is 0.0127. The molecule has 1 heterocycles. The van der Waals surface area contributed by atoms with Gasteiger partial charge in [-0.05, 0) is 42.7 Å². The van der Waals surface area contributed by atoms with Crippen molar-refractivity contribution in [3.05, 3.63) is 119 Å². The number of carbonyl (C=O) groups excluding carboxylic acids is 6. The van der Waals surface area contributed by atoms with Crippen LogP contribution in [-0.4, -0.2) is 105 Å². The Hall–Kier alpha value is -5.54. The normalized spacial score (nSPS) is 31.9. The minimum atomic E-state index is -2.38. The number of ketones is 2. The summed E-state index contributed by atoms with van der Waals surface area (Å²) in [4.78, 5) is 83.6. The van der Waals surface area contributed by atoms with Gasteiger partial charge in [0.15, 0.2) is 29.4 Å². The number of hydrogen-bond donors (Lipinski definition) is 3. The van der Waals surface area contributed by atoms with Gasteiger partial charge in [-0.3, -0.25) is 19.2 Å². The van der Waals surface area contributed by atoms with E-state index < -0.39 is 107 Å². The molecule has 1 unspecified atom stereocenters. The molecule has 11 atom stereocenters.